The number of fused-ring (bicyclic) bond motifs is 1. The Kier molecular flexibility index (Phi) is 3.19. The Labute approximate surface area is 115 Å². The van der Waals surface area contributed by atoms with Crippen LogP contribution < -0.4 is 5.73 Å². The number of aryl methyl sites for hydroxylation is 2. The second-order valence-corrected chi connectivity index (χ2v) is 5.76. The van der Waals surface area contributed by atoms with E-state index in [0.29, 0.717) is 0 Å². The van der Waals surface area contributed by atoms with E-state index in [-0.39, 0.29) is 6.04 Å². The van der Waals surface area contributed by atoms with Crippen LogP contribution in [0.2, 0.25) is 0 Å². The largest absolute Gasteiger partial charge is 0.344 e. The molecule has 3 rings (SSSR count). The van der Waals surface area contributed by atoms with Crippen LogP contribution in [-0.4, -0.2) is 4.57 Å². The number of hydrogen-bond acceptors (Lipinski definition) is 1. The molecule has 0 aliphatic heterocycles. The van der Waals surface area contributed by atoms with Crippen LogP contribution in [0.25, 0.3) is 0 Å². The molecule has 1 unspecified atom stereocenters. The minimum Gasteiger partial charge on any atom is -0.344 e. The number of rotatable bonds is 2. The average Bonchev–Trinajstić information content (AvgIpc) is 2.71. The molecule has 1 heterocycles. The van der Waals surface area contributed by atoms with Crippen molar-refractivity contribution in [1.82, 2.24) is 4.57 Å². The molecule has 1 aromatic carbocycles. The molecular formula is C17H22N2. The molecule has 1 aromatic heterocycles. The van der Waals surface area contributed by atoms with Gasteiger partial charge in [0.15, 0.2) is 0 Å². The Bertz CT molecular complexity index is 578. The van der Waals surface area contributed by atoms with Crippen LogP contribution >= 0.6 is 0 Å². The summed E-state index contributed by atoms with van der Waals surface area (Å²) in [6, 6.07) is 11.3. The summed E-state index contributed by atoms with van der Waals surface area (Å²) >= 11 is 0. The predicted octanol–water partition coefficient (Wildman–Crippen LogP) is 3.49. The van der Waals surface area contributed by atoms with E-state index in [9.17, 15) is 0 Å². The monoisotopic (exact) mass is 254 g/mol. The van der Waals surface area contributed by atoms with Crippen molar-refractivity contribution in [3.05, 3.63) is 58.4 Å². The van der Waals surface area contributed by atoms with Crippen LogP contribution in [0, 0.1) is 13.8 Å². The molecule has 0 saturated carbocycles. The van der Waals surface area contributed by atoms with Gasteiger partial charge in [-0.15, -0.1) is 0 Å². The Morgan fingerprint density at radius 2 is 1.95 bits per heavy atom. The van der Waals surface area contributed by atoms with Gasteiger partial charge < -0.3 is 10.3 Å². The van der Waals surface area contributed by atoms with Gasteiger partial charge in [-0.3, -0.25) is 0 Å². The highest BCUT2D eigenvalue weighted by Gasteiger charge is 2.21. The van der Waals surface area contributed by atoms with Gasteiger partial charge in [-0.1, -0.05) is 29.8 Å². The third-order valence-corrected chi connectivity index (χ3v) is 4.24. The number of hydrogen-bond donors (Lipinski definition) is 1. The SMILES string of the molecule is Cc1ccc(Cn2c(C)cc3c2CCCC3N)cc1. The number of aromatic nitrogens is 1. The fourth-order valence-electron chi connectivity index (χ4n) is 3.10. The van der Waals surface area contributed by atoms with Crippen molar-refractivity contribution in [3.63, 3.8) is 0 Å². The van der Waals surface area contributed by atoms with Crippen molar-refractivity contribution in [1.29, 1.82) is 0 Å². The summed E-state index contributed by atoms with van der Waals surface area (Å²) in [4.78, 5) is 0. The van der Waals surface area contributed by atoms with Crippen molar-refractivity contribution in [3.8, 4) is 0 Å². The zero-order valence-electron chi connectivity index (χ0n) is 11.8. The lowest BCUT2D eigenvalue weighted by atomic mass is 9.93. The lowest BCUT2D eigenvalue weighted by Crippen LogP contribution is -2.18. The number of nitrogens with zero attached hydrogens (tertiary/aromatic N) is 1. The zero-order chi connectivity index (χ0) is 13.4. The van der Waals surface area contributed by atoms with Gasteiger partial charge in [0.25, 0.3) is 0 Å². The van der Waals surface area contributed by atoms with Gasteiger partial charge in [-0.2, -0.15) is 0 Å². The fourth-order valence-corrected chi connectivity index (χ4v) is 3.10. The molecule has 2 aromatic rings. The molecule has 0 radical (unpaired) electrons. The zero-order valence-corrected chi connectivity index (χ0v) is 11.8. The van der Waals surface area contributed by atoms with Crippen molar-refractivity contribution in [2.75, 3.05) is 0 Å². The average molecular weight is 254 g/mol. The van der Waals surface area contributed by atoms with E-state index >= 15 is 0 Å². The van der Waals surface area contributed by atoms with Crippen molar-refractivity contribution < 1.29 is 0 Å². The third kappa shape index (κ3) is 2.33. The molecule has 0 spiro atoms. The summed E-state index contributed by atoms with van der Waals surface area (Å²) in [6.45, 7) is 5.29. The van der Waals surface area contributed by atoms with Gasteiger partial charge >= 0.3 is 0 Å². The van der Waals surface area contributed by atoms with E-state index in [2.05, 4.69) is 48.7 Å². The van der Waals surface area contributed by atoms with Gasteiger partial charge in [0.05, 0.1) is 0 Å². The van der Waals surface area contributed by atoms with E-state index in [0.717, 1.165) is 13.0 Å². The first-order valence-corrected chi connectivity index (χ1v) is 7.15. The highest BCUT2D eigenvalue weighted by Crippen LogP contribution is 2.31. The molecule has 1 aliphatic carbocycles. The summed E-state index contributed by atoms with van der Waals surface area (Å²) in [5, 5.41) is 0. The molecule has 1 aliphatic rings. The maximum absolute atomic E-state index is 6.23. The molecule has 2 nitrogen and oxygen atoms in total. The van der Waals surface area contributed by atoms with Crippen LogP contribution in [0.5, 0.6) is 0 Å². The first-order chi connectivity index (χ1) is 9.15. The van der Waals surface area contributed by atoms with Gasteiger partial charge in [-0.25, -0.2) is 0 Å². The van der Waals surface area contributed by atoms with Crippen LogP contribution in [0.1, 0.15) is 47.0 Å². The van der Waals surface area contributed by atoms with Crippen molar-refractivity contribution >= 4 is 0 Å². The molecule has 0 saturated heterocycles. The summed E-state index contributed by atoms with van der Waals surface area (Å²) in [5.74, 6) is 0. The second kappa shape index (κ2) is 4.86. The molecule has 2 heteroatoms. The quantitative estimate of drug-likeness (QED) is 0.874. The molecular weight excluding hydrogens is 232 g/mol. The Morgan fingerprint density at radius 3 is 2.68 bits per heavy atom. The highest BCUT2D eigenvalue weighted by atomic mass is 15.0. The first-order valence-electron chi connectivity index (χ1n) is 7.15. The van der Waals surface area contributed by atoms with E-state index in [1.807, 2.05) is 0 Å². The van der Waals surface area contributed by atoms with Gasteiger partial charge in [-0.05, 0) is 50.3 Å². The highest BCUT2D eigenvalue weighted by molar-refractivity contribution is 5.34. The standard InChI is InChI=1S/C17H22N2/c1-12-6-8-14(9-7-12)11-19-13(2)10-15-16(18)4-3-5-17(15)19/h6-10,16H,3-5,11,18H2,1-2H3. The van der Waals surface area contributed by atoms with Crippen molar-refractivity contribution in [2.24, 2.45) is 5.73 Å². The Morgan fingerprint density at radius 1 is 1.21 bits per heavy atom. The topological polar surface area (TPSA) is 30.9 Å². The molecule has 1 atom stereocenters. The van der Waals surface area contributed by atoms with Gasteiger partial charge in [0.1, 0.15) is 0 Å². The van der Waals surface area contributed by atoms with Crippen LogP contribution in [-0.2, 0) is 13.0 Å². The minimum atomic E-state index is 0.238. The second-order valence-electron chi connectivity index (χ2n) is 5.76. The molecule has 0 fully saturated rings. The molecule has 0 bridgehead atoms. The number of nitrogens with two attached hydrogens (primary N) is 1. The molecule has 0 amide bonds. The smallest absolute Gasteiger partial charge is 0.0475 e. The maximum atomic E-state index is 6.23. The lowest BCUT2D eigenvalue weighted by Gasteiger charge is -2.21. The first kappa shape index (κ1) is 12.5. The fraction of sp³-hybridized carbons (Fsp3) is 0.412. The number of benzene rings is 1. The molecule has 19 heavy (non-hydrogen) atoms. The van der Waals surface area contributed by atoms with E-state index in [4.69, 9.17) is 5.73 Å². The van der Waals surface area contributed by atoms with Crippen molar-refractivity contribution in [2.45, 2.75) is 45.7 Å². The van der Waals surface area contributed by atoms with Crippen LogP contribution in [0.15, 0.2) is 30.3 Å². The van der Waals surface area contributed by atoms with Gasteiger partial charge in [0.2, 0.25) is 0 Å². The molecule has 100 valence electrons. The van der Waals surface area contributed by atoms with Gasteiger partial charge in [0, 0.05) is 24.0 Å². The van der Waals surface area contributed by atoms with Crippen LogP contribution in [0.3, 0.4) is 0 Å². The van der Waals surface area contributed by atoms with E-state index in [1.165, 1.54) is 40.9 Å². The Hall–Kier alpha value is -1.54. The predicted molar refractivity (Wildman–Crippen MR) is 79.3 cm³/mol. The maximum Gasteiger partial charge on any atom is 0.0475 e. The lowest BCUT2D eigenvalue weighted by molar-refractivity contribution is 0.546. The minimum absolute atomic E-state index is 0.238. The summed E-state index contributed by atoms with van der Waals surface area (Å²) in [6.07, 6.45) is 3.51. The Balaban J connectivity index is 1.95. The normalized spacial score (nSPS) is 18.4. The summed E-state index contributed by atoms with van der Waals surface area (Å²) in [7, 11) is 0. The van der Waals surface area contributed by atoms with E-state index in [1.54, 1.807) is 0 Å². The molecule has 2 N–H and O–H groups in total. The van der Waals surface area contributed by atoms with Crippen LogP contribution in [0.4, 0.5) is 0 Å². The summed E-state index contributed by atoms with van der Waals surface area (Å²) in [5.41, 5.74) is 13.1. The summed E-state index contributed by atoms with van der Waals surface area (Å²) < 4.78 is 2.44. The van der Waals surface area contributed by atoms with E-state index < -0.39 is 0 Å². The third-order valence-electron chi connectivity index (χ3n) is 4.24.